The van der Waals surface area contributed by atoms with Crippen LogP contribution in [0.1, 0.15) is 30.5 Å². The first-order valence-electron chi connectivity index (χ1n) is 9.96. The molecule has 2 aromatic carbocycles. The highest BCUT2D eigenvalue weighted by Gasteiger charge is 2.46. The van der Waals surface area contributed by atoms with Crippen LogP contribution in [-0.4, -0.2) is 29.4 Å². The zero-order chi connectivity index (χ0) is 22.6. The Morgan fingerprint density at radius 3 is 2.71 bits per heavy atom. The molecule has 6 heteroatoms. The molecule has 0 aromatic heterocycles. The van der Waals surface area contributed by atoms with Gasteiger partial charge < -0.3 is 5.73 Å². The lowest BCUT2D eigenvalue weighted by Gasteiger charge is -2.41. The van der Waals surface area contributed by atoms with E-state index in [0.29, 0.717) is 12.0 Å². The number of hydrogen-bond donors (Lipinski definition) is 1. The van der Waals surface area contributed by atoms with Gasteiger partial charge in [0.1, 0.15) is 5.54 Å². The van der Waals surface area contributed by atoms with Gasteiger partial charge in [-0.05, 0) is 54.5 Å². The van der Waals surface area contributed by atoms with Crippen LogP contribution in [0.25, 0.3) is 5.57 Å². The quantitative estimate of drug-likeness (QED) is 0.728. The molecule has 2 aromatic rings. The highest BCUT2D eigenvalue weighted by Crippen LogP contribution is 2.42. The number of allylic oxidation sites excluding steroid dienone is 1. The molecule has 1 aliphatic heterocycles. The van der Waals surface area contributed by atoms with Gasteiger partial charge in [-0.1, -0.05) is 49.0 Å². The number of thioether (sulfide) groups is 1. The number of guanidine groups is 1. The number of carbonyl (C=O) groups is 1. The maximum absolute atomic E-state index is 13.2. The molecule has 0 unspecified atom stereocenters. The summed E-state index contributed by atoms with van der Waals surface area (Å²) in [5, 5.41) is 11.1. The number of hydrogen-bond acceptors (Lipinski definition) is 5. The van der Waals surface area contributed by atoms with Gasteiger partial charge in [-0.15, -0.1) is 11.8 Å². The average molecular weight is 431 g/mol. The molecule has 2 N–H and O–H groups in total. The highest BCUT2D eigenvalue weighted by atomic mass is 32.2. The monoisotopic (exact) mass is 430 g/mol. The molecule has 0 aliphatic carbocycles. The second-order valence-corrected chi connectivity index (χ2v) is 8.76. The van der Waals surface area contributed by atoms with E-state index in [4.69, 9.17) is 16.0 Å². The number of nitriles is 1. The fraction of sp³-hybridized carbons (Fsp3) is 0.240. The third kappa shape index (κ3) is 4.73. The Bertz CT molecular complexity index is 1100. The predicted molar refractivity (Wildman–Crippen MR) is 128 cm³/mol. The summed E-state index contributed by atoms with van der Waals surface area (Å²) in [4.78, 5) is 20.0. The third-order valence-electron chi connectivity index (χ3n) is 5.67. The summed E-state index contributed by atoms with van der Waals surface area (Å²) in [6.45, 7) is 8.18. The second kappa shape index (κ2) is 9.23. The summed E-state index contributed by atoms with van der Waals surface area (Å²) in [6, 6.07) is 19.5. The van der Waals surface area contributed by atoms with Crippen LogP contribution in [-0.2, 0) is 11.2 Å². The van der Waals surface area contributed by atoms with Gasteiger partial charge >= 0.3 is 0 Å². The topological polar surface area (TPSA) is 82.5 Å². The van der Waals surface area contributed by atoms with E-state index < -0.39 is 11.5 Å². The number of rotatable bonds is 6. The van der Waals surface area contributed by atoms with Gasteiger partial charge in [0, 0.05) is 12.0 Å². The molecule has 31 heavy (non-hydrogen) atoms. The first-order valence-corrected chi connectivity index (χ1v) is 10.8. The normalized spacial score (nSPS) is 21.4. The van der Waals surface area contributed by atoms with Gasteiger partial charge in [0.2, 0.25) is 5.91 Å². The molecular weight excluding hydrogens is 404 g/mol. The Morgan fingerprint density at radius 2 is 2.03 bits per heavy atom. The summed E-state index contributed by atoms with van der Waals surface area (Å²) in [5.41, 5.74) is 8.87. The van der Waals surface area contributed by atoms with Crippen LogP contribution < -0.4 is 5.73 Å². The van der Waals surface area contributed by atoms with Crippen molar-refractivity contribution in [1.82, 2.24) is 4.90 Å². The maximum Gasteiger partial charge on any atom is 0.235 e. The van der Waals surface area contributed by atoms with E-state index in [2.05, 4.69) is 12.6 Å². The number of benzene rings is 2. The van der Waals surface area contributed by atoms with Gasteiger partial charge in [0.25, 0.3) is 0 Å². The van der Waals surface area contributed by atoms with E-state index in [1.165, 1.54) is 16.7 Å². The maximum atomic E-state index is 13.2. The minimum atomic E-state index is -0.848. The van der Waals surface area contributed by atoms with E-state index >= 15 is 0 Å². The van der Waals surface area contributed by atoms with Gasteiger partial charge in [-0.2, -0.15) is 5.26 Å². The Balaban J connectivity index is 1.89. The van der Waals surface area contributed by atoms with Crippen molar-refractivity contribution in [2.24, 2.45) is 16.6 Å². The van der Waals surface area contributed by atoms with Crippen molar-refractivity contribution in [2.75, 3.05) is 7.05 Å². The van der Waals surface area contributed by atoms with Gasteiger partial charge in [0.05, 0.1) is 17.6 Å². The molecule has 3 rings (SSSR count). The van der Waals surface area contributed by atoms with E-state index in [1.54, 1.807) is 13.1 Å². The van der Waals surface area contributed by atoms with Crippen LogP contribution in [0.4, 0.5) is 0 Å². The molecule has 0 bridgehead atoms. The van der Waals surface area contributed by atoms with Crippen LogP contribution in [0, 0.1) is 17.2 Å². The molecule has 0 spiro atoms. The smallest absolute Gasteiger partial charge is 0.235 e. The lowest BCUT2D eigenvalue weighted by Crippen LogP contribution is -2.55. The van der Waals surface area contributed by atoms with Crippen LogP contribution in [0.2, 0.25) is 0 Å². The molecule has 0 radical (unpaired) electrons. The summed E-state index contributed by atoms with van der Waals surface area (Å²) in [6.07, 6.45) is 0.545. The van der Waals surface area contributed by atoms with E-state index in [0.717, 1.165) is 21.6 Å². The first-order chi connectivity index (χ1) is 14.8. The zero-order valence-corrected chi connectivity index (χ0v) is 18.8. The lowest BCUT2D eigenvalue weighted by atomic mass is 9.79. The zero-order valence-electron chi connectivity index (χ0n) is 18.0. The van der Waals surface area contributed by atoms with Crippen molar-refractivity contribution in [3.63, 3.8) is 0 Å². The van der Waals surface area contributed by atoms with Crippen molar-refractivity contribution in [3.8, 4) is 6.07 Å². The molecule has 158 valence electrons. The lowest BCUT2D eigenvalue weighted by molar-refractivity contribution is -0.133. The van der Waals surface area contributed by atoms with Crippen molar-refractivity contribution in [2.45, 2.75) is 25.8 Å². The Hall–Kier alpha value is -3.30. The number of nitrogens with zero attached hydrogens (tertiary/aromatic N) is 3. The Kier molecular flexibility index (Phi) is 6.67. The summed E-state index contributed by atoms with van der Waals surface area (Å²) < 4.78 is 0. The Labute approximate surface area is 188 Å². The van der Waals surface area contributed by atoms with E-state index in [9.17, 15) is 4.79 Å². The first kappa shape index (κ1) is 22.4. The Morgan fingerprint density at radius 1 is 1.32 bits per heavy atom. The molecule has 1 heterocycles. The van der Waals surface area contributed by atoms with E-state index in [-0.39, 0.29) is 11.9 Å². The number of aliphatic imine (C=N–C) groups is 1. The molecule has 0 saturated carbocycles. The molecule has 5 nitrogen and oxygen atoms in total. The van der Waals surface area contributed by atoms with Crippen molar-refractivity contribution in [3.05, 3.63) is 88.2 Å². The molecule has 1 amide bonds. The summed E-state index contributed by atoms with van der Waals surface area (Å²) in [5.74, 6) is -0.285. The van der Waals surface area contributed by atoms with Gasteiger partial charge in [0.15, 0.2) is 5.96 Å². The van der Waals surface area contributed by atoms with Crippen LogP contribution in [0.15, 0.2) is 76.5 Å². The summed E-state index contributed by atoms with van der Waals surface area (Å²) in [7, 11) is 1.65. The number of amides is 1. The van der Waals surface area contributed by atoms with Crippen LogP contribution in [0.3, 0.4) is 0 Å². The number of carbonyl (C=O) groups excluding carboxylic acids is 1. The minimum Gasteiger partial charge on any atom is -0.369 e. The molecule has 1 aliphatic rings. The average Bonchev–Trinajstić information content (AvgIpc) is 2.79. The standard InChI is InChI=1S/C25H26N4OS/c1-17(21-12-8-11-20(13-21)15-26)16-31-18(2)25(3)22(14-19-9-6-5-7-10-19)23(30)29(4)24(27)28-25/h5-13,16,22H,2,14H2,1,3-4H3,(H2,27,28)/b17-16+/t22-,25+/m0/s1. The van der Waals surface area contributed by atoms with Gasteiger partial charge in [-0.25, -0.2) is 4.99 Å². The minimum absolute atomic E-state index is 0.0666. The SMILES string of the molecule is C=C(S/C=C(\C)c1cccc(C#N)c1)[C@@]1(C)N=C(N)N(C)C(=O)[C@@H]1Cc1ccccc1. The fourth-order valence-electron chi connectivity index (χ4n) is 3.55. The molecule has 0 saturated heterocycles. The molecule has 0 fully saturated rings. The van der Waals surface area contributed by atoms with Crippen molar-refractivity contribution < 1.29 is 4.79 Å². The largest absolute Gasteiger partial charge is 0.369 e. The number of nitrogens with two attached hydrogens (primary N) is 1. The second-order valence-electron chi connectivity index (χ2n) is 7.79. The fourth-order valence-corrected chi connectivity index (χ4v) is 4.43. The van der Waals surface area contributed by atoms with Gasteiger partial charge in [-0.3, -0.25) is 9.69 Å². The molecular formula is C25H26N4OS. The van der Waals surface area contributed by atoms with Crippen LogP contribution >= 0.6 is 11.8 Å². The highest BCUT2D eigenvalue weighted by molar-refractivity contribution is 8.06. The van der Waals surface area contributed by atoms with Crippen molar-refractivity contribution >= 4 is 29.2 Å². The third-order valence-corrected chi connectivity index (χ3v) is 6.84. The molecule has 2 atom stereocenters. The summed E-state index contributed by atoms with van der Waals surface area (Å²) >= 11 is 1.45. The van der Waals surface area contributed by atoms with Crippen molar-refractivity contribution in [1.29, 1.82) is 5.26 Å². The predicted octanol–water partition coefficient (Wildman–Crippen LogP) is 4.57. The van der Waals surface area contributed by atoms with Crippen LogP contribution in [0.5, 0.6) is 0 Å². The van der Waals surface area contributed by atoms with E-state index in [1.807, 2.05) is 67.8 Å².